The van der Waals surface area contributed by atoms with Crippen LogP contribution in [-0.4, -0.2) is 21.3 Å². The van der Waals surface area contributed by atoms with Crippen molar-refractivity contribution in [3.8, 4) is 28.2 Å². The second kappa shape index (κ2) is 7.36. The van der Waals surface area contributed by atoms with Crippen molar-refractivity contribution in [3.05, 3.63) is 70.8 Å². The summed E-state index contributed by atoms with van der Waals surface area (Å²) in [7, 11) is -3.36. The highest BCUT2D eigenvalue weighted by Crippen LogP contribution is 2.33. The van der Waals surface area contributed by atoms with Crippen LogP contribution in [0.25, 0.3) is 22.3 Å². The topological polar surface area (TPSA) is 73.6 Å². The molecule has 0 atom stereocenters. The monoisotopic (exact) mass is 387 g/mol. The molecule has 0 aliphatic heterocycles. The molecule has 0 unspecified atom stereocenters. The maximum Gasteiger partial charge on any atom is 0.347 e. The molecular weight excluding hydrogens is 370 g/mol. The third kappa shape index (κ3) is 4.09. The molecule has 27 heavy (non-hydrogen) atoms. The van der Waals surface area contributed by atoms with Crippen molar-refractivity contribution in [1.82, 2.24) is 0 Å². The van der Waals surface area contributed by atoms with Crippen molar-refractivity contribution < 1.29 is 22.0 Å². The van der Waals surface area contributed by atoms with Crippen LogP contribution in [0.15, 0.2) is 68.7 Å². The highest BCUT2D eigenvalue weighted by molar-refractivity contribution is 7.90. The van der Waals surface area contributed by atoms with Crippen LogP contribution in [-0.2, 0) is 9.84 Å². The summed E-state index contributed by atoms with van der Waals surface area (Å²) < 4.78 is 47.1. The summed E-state index contributed by atoms with van der Waals surface area (Å²) in [5.74, 6) is -0.343. The summed E-state index contributed by atoms with van der Waals surface area (Å²) in [5.41, 5.74) is 1.20. The number of rotatable bonds is 5. The Morgan fingerprint density at radius 3 is 2.15 bits per heavy atom. The van der Waals surface area contributed by atoms with Gasteiger partial charge in [-0.15, -0.1) is 0 Å². The molecule has 7 heteroatoms. The van der Waals surface area contributed by atoms with Crippen molar-refractivity contribution in [2.75, 3.05) is 12.9 Å². The Labute approximate surface area is 156 Å². The van der Waals surface area contributed by atoms with Gasteiger partial charge in [0.25, 0.3) is 5.95 Å². The van der Waals surface area contributed by atoms with E-state index in [4.69, 9.17) is 9.15 Å². The minimum Gasteiger partial charge on any atom is -0.465 e. The summed E-state index contributed by atoms with van der Waals surface area (Å²) >= 11 is 0. The number of hydrogen-bond acceptors (Lipinski definition) is 5. The Bertz CT molecular complexity index is 1110. The molecule has 0 N–H and O–H groups in total. The van der Waals surface area contributed by atoms with Crippen molar-refractivity contribution >= 4 is 9.84 Å². The highest BCUT2D eigenvalue weighted by Gasteiger charge is 2.17. The number of hydrogen-bond donors (Lipinski definition) is 0. The van der Waals surface area contributed by atoms with Gasteiger partial charge in [0.05, 0.1) is 17.1 Å². The molecule has 0 fully saturated rings. The van der Waals surface area contributed by atoms with E-state index in [2.05, 4.69) is 0 Å². The molecule has 5 nitrogen and oxygen atoms in total. The van der Waals surface area contributed by atoms with Crippen LogP contribution in [0.1, 0.15) is 6.92 Å². The van der Waals surface area contributed by atoms with Crippen molar-refractivity contribution in [2.45, 2.75) is 11.8 Å². The Morgan fingerprint density at radius 1 is 1.00 bits per heavy atom. The average molecular weight is 387 g/mol. The first-order valence-corrected chi connectivity index (χ1v) is 10.1. The van der Waals surface area contributed by atoms with E-state index >= 15 is 0 Å². The first-order chi connectivity index (χ1) is 12.8. The van der Waals surface area contributed by atoms with Crippen LogP contribution in [0, 0.1) is 5.82 Å². The lowest BCUT2D eigenvalue weighted by molar-refractivity contribution is 0.244. The van der Waals surface area contributed by atoms with Crippen LogP contribution < -0.4 is 10.4 Å². The van der Waals surface area contributed by atoms with Gasteiger partial charge in [0.1, 0.15) is 5.82 Å². The molecule has 0 saturated heterocycles. The predicted molar refractivity (Wildman–Crippen MR) is 100 cm³/mol. The molecule has 0 bridgehead atoms. The van der Waals surface area contributed by atoms with Gasteiger partial charge in [-0.2, -0.15) is 0 Å². The van der Waals surface area contributed by atoms with Gasteiger partial charge < -0.3 is 9.15 Å². The second-order valence-electron chi connectivity index (χ2n) is 5.88. The number of halogens is 1. The number of benzene rings is 2. The third-order valence-electron chi connectivity index (χ3n) is 3.94. The Hall–Kier alpha value is -2.93. The van der Waals surface area contributed by atoms with Crippen molar-refractivity contribution in [1.29, 1.82) is 0 Å². The molecule has 0 aliphatic carbocycles. The molecule has 1 aromatic heterocycles. The van der Waals surface area contributed by atoms with E-state index in [0.717, 1.165) is 6.26 Å². The number of sulfone groups is 1. The van der Waals surface area contributed by atoms with Crippen LogP contribution in [0.3, 0.4) is 0 Å². The fourth-order valence-corrected chi connectivity index (χ4v) is 3.31. The Balaban J connectivity index is 2.22. The maximum absolute atomic E-state index is 13.3. The summed E-state index contributed by atoms with van der Waals surface area (Å²) in [6.07, 6.45) is 1.11. The SMILES string of the molecule is CCOc1cc(-c2ccc([18F])cc2)c(-c2ccc(S(C)(=O)=O)cc2)c(=O)o1. The average Bonchev–Trinajstić information content (AvgIpc) is 2.61. The van der Waals surface area contributed by atoms with Crippen molar-refractivity contribution in [3.63, 3.8) is 0 Å². The molecule has 1 heterocycles. The van der Waals surface area contributed by atoms with Crippen LogP contribution in [0.4, 0.5) is 4.39 Å². The summed E-state index contributed by atoms with van der Waals surface area (Å²) in [6, 6.07) is 13.2. The second-order valence-corrected chi connectivity index (χ2v) is 7.89. The van der Waals surface area contributed by atoms with E-state index in [0.29, 0.717) is 23.3 Å². The lowest BCUT2D eigenvalue weighted by Gasteiger charge is -2.11. The molecule has 0 amide bonds. The Kier molecular flexibility index (Phi) is 5.14. The summed E-state index contributed by atoms with van der Waals surface area (Å²) in [5, 5.41) is 0. The van der Waals surface area contributed by atoms with Gasteiger partial charge in [0, 0.05) is 17.9 Å². The first-order valence-electron chi connectivity index (χ1n) is 8.17. The van der Waals surface area contributed by atoms with E-state index in [1.54, 1.807) is 25.1 Å². The molecule has 3 aromatic rings. The smallest absolute Gasteiger partial charge is 0.347 e. The van der Waals surface area contributed by atoms with Gasteiger partial charge in [-0.1, -0.05) is 24.3 Å². The molecule has 0 radical (unpaired) electrons. The van der Waals surface area contributed by atoms with E-state index < -0.39 is 21.3 Å². The molecule has 0 aliphatic rings. The molecule has 140 valence electrons. The van der Waals surface area contributed by atoms with E-state index in [1.807, 2.05) is 0 Å². The molecule has 0 saturated carbocycles. The van der Waals surface area contributed by atoms with Gasteiger partial charge in [0.2, 0.25) is 0 Å². The van der Waals surface area contributed by atoms with Crippen molar-refractivity contribution in [2.24, 2.45) is 0 Å². The predicted octanol–water partition coefficient (Wildman–Crippen LogP) is 3.92. The third-order valence-corrected chi connectivity index (χ3v) is 5.07. The fraction of sp³-hybridized carbons (Fsp3) is 0.150. The van der Waals surface area contributed by atoms with Gasteiger partial charge in [0.15, 0.2) is 9.84 Å². The molecule has 0 spiro atoms. The number of ether oxygens (including phenoxy) is 1. The minimum absolute atomic E-state index is 0.0540. The van der Waals surface area contributed by atoms with Gasteiger partial charge in [-0.3, -0.25) is 0 Å². The maximum atomic E-state index is 13.3. The van der Waals surface area contributed by atoms with Crippen LogP contribution in [0.2, 0.25) is 0 Å². The first kappa shape index (κ1) is 18.8. The van der Waals surface area contributed by atoms with Crippen LogP contribution >= 0.6 is 0 Å². The lowest BCUT2D eigenvalue weighted by Crippen LogP contribution is -2.07. The van der Waals surface area contributed by atoms with Gasteiger partial charge >= 0.3 is 5.63 Å². The molecule has 3 rings (SSSR count). The zero-order valence-electron chi connectivity index (χ0n) is 14.7. The summed E-state index contributed by atoms with van der Waals surface area (Å²) in [6.45, 7) is 2.07. The van der Waals surface area contributed by atoms with E-state index in [9.17, 15) is 17.6 Å². The van der Waals surface area contributed by atoms with E-state index in [1.165, 1.54) is 36.4 Å². The molecule has 2 aromatic carbocycles. The fourth-order valence-electron chi connectivity index (χ4n) is 2.68. The standard InChI is InChI=1S/C20H17FO5S/c1-3-25-18-12-17(13-4-8-15(21)9-5-13)19(20(22)26-18)14-6-10-16(11-7-14)27(2,23)24/h4-12H,3H2,1-2H3/i21-1. The highest BCUT2D eigenvalue weighted by atomic mass is 32.2. The normalized spacial score (nSPS) is 11.4. The van der Waals surface area contributed by atoms with Gasteiger partial charge in [-0.05, 0) is 42.3 Å². The minimum atomic E-state index is -3.36. The zero-order valence-corrected chi connectivity index (χ0v) is 15.5. The summed E-state index contributed by atoms with van der Waals surface area (Å²) in [4.78, 5) is 12.8. The quantitative estimate of drug-likeness (QED) is 0.664. The zero-order chi connectivity index (χ0) is 19.6. The van der Waals surface area contributed by atoms with Crippen LogP contribution in [0.5, 0.6) is 5.95 Å². The largest absolute Gasteiger partial charge is 0.465 e. The Morgan fingerprint density at radius 2 is 1.59 bits per heavy atom. The lowest BCUT2D eigenvalue weighted by atomic mass is 9.97. The van der Waals surface area contributed by atoms with Gasteiger partial charge in [-0.25, -0.2) is 17.6 Å². The molecular formula is C20H17FO5S. The van der Waals surface area contributed by atoms with E-state index in [-0.39, 0.29) is 16.4 Å².